The first-order valence-electron chi connectivity index (χ1n) is 6.51. The smallest absolute Gasteiger partial charge is 0.328 e. The van der Waals surface area contributed by atoms with E-state index in [0.29, 0.717) is 13.1 Å². The van der Waals surface area contributed by atoms with Gasteiger partial charge in [0.15, 0.2) is 0 Å². The van der Waals surface area contributed by atoms with Gasteiger partial charge in [-0.3, -0.25) is 4.90 Å². The number of carboxylic acid groups (broad SMARTS) is 1. The molecule has 2 rings (SSSR count). The fourth-order valence-corrected chi connectivity index (χ4v) is 2.57. The lowest BCUT2D eigenvalue weighted by Crippen LogP contribution is -2.51. The SMILES string of the molecule is CC(C(=O)O)(c1ccccc1F)N1CCCNCC1. The zero-order valence-corrected chi connectivity index (χ0v) is 11.0. The van der Waals surface area contributed by atoms with Crippen molar-refractivity contribution in [3.63, 3.8) is 0 Å². The Hall–Kier alpha value is -1.46. The molecule has 0 saturated carbocycles. The fourth-order valence-electron chi connectivity index (χ4n) is 2.57. The third-order valence-electron chi connectivity index (χ3n) is 3.79. The van der Waals surface area contributed by atoms with Crippen molar-refractivity contribution in [1.29, 1.82) is 0 Å². The monoisotopic (exact) mass is 266 g/mol. The van der Waals surface area contributed by atoms with Gasteiger partial charge in [-0.1, -0.05) is 18.2 Å². The van der Waals surface area contributed by atoms with Crippen LogP contribution in [0.1, 0.15) is 18.9 Å². The molecule has 1 saturated heterocycles. The molecule has 4 nitrogen and oxygen atoms in total. The van der Waals surface area contributed by atoms with Crippen LogP contribution in [0.2, 0.25) is 0 Å². The summed E-state index contributed by atoms with van der Waals surface area (Å²) in [5, 5.41) is 12.9. The Morgan fingerprint density at radius 1 is 1.37 bits per heavy atom. The first kappa shape index (κ1) is 14.0. The largest absolute Gasteiger partial charge is 0.480 e. The second-order valence-electron chi connectivity index (χ2n) is 4.95. The third-order valence-corrected chi connectivity index (χ3v) is 3.79. The molecule has 104 valence electrons. The standard InChI is InChI=1S/C14H19FN2O2/c1-14(13(18)19,11-5-2-3-6-12(11)15)17-9-4-7-16-8-10-17/h2-3,5-6,16H,4,7-10H2,1H3,(H,18,19). The molecule has 1 aromatic rings. The van der Waals surface area contributed by atoms with Crippen LogP contribution in [0.4, 0.5) is 4.39 Å². The first-order valence-corrected chi connectivity index (χ1v) is 6.51. The van der Waals surface area contributed by atoms with Gasteiger partial charge in [0, 0.05) is 25.2 Å². The molecule has 0 bridgehead atoms. The summed E-state index contributed by atoms with van der Waals surface area (Å²) in [5.74, 6) is -1.48. The summed E-state index contributed by atoms with van der Waals surface area (Å²) in [6.45, 7) is 4.40. The van der Waals surface area contributed by atoms with E-state index in [2.05, 4.69) is 5.32 Å². The number of hydrogen-bond acceptors (Lipinski definition) is 3. The van der Waals surface area contributed by atoms with E-state index < -0.39 is 17.3 Å². The van der Waals surface area contributed by atoms with Crippen molar-refractivity contribution < 1.29 is 14.3 Å². The average Bonchev–Trinajstić information content (AvgIpc) is 2.67. The Morgan fingerprint density at radius 3 is 2.79 bits per heavy atom. The highest BCUT2D eigenvalue weighted by Gasteiger charge is 2.43. The molecule has 0 aliphatic carbocycles. The van der Waals surface area contributed by atoms with Crippen molar-refractivity contribution in [2.75, 3.05) is 26.2 Å². The lowest BCUT2D eigenvalue weighted by molar-refractivity contribution is -0.151. The van der Waals surface area contributed by atoms with Gasteiger partial charge in [0.25, 0.3) is 0 Å². The summed E-state index contributed by atoms with van der Waals surface area (Å²) in [7, 11) is 0. The zero-order valence-electron chi connectivity index (χ0n) is 11.0. The molecule has 1 aromatic carbocycles. The number of nitrogens with one attached hydrogen (secondary N) is 1. The minimum Gasteiger partial charge on any atom is -0.480 e. The molecule has 0 radical (unpaired) electrons. The van der Waals surface area contributed by atoms with Crippen molar-refractivity contribution in [1.82, 2.24) is 10.2 Å². The normalized spacial score (nSPS) is 20.5. The van der Waals surface area contributed by atoms with Crippen LogP contribution in [0.25, 0.3) is 0 Å². The Balaban J connectivity index is 2.42. The van der Waals surface area contributed by atoms with E-state index in [1.807, 2.05) is 4.90 Å². The predicted octanol–water partition coefficient (Wildman–Crippen LogP) is 1.42. The lowest BCUT2D eigenvalue weighted by atomic mass is 9.89. The maximum Gasteiger partial charge on any atom is 0.328 e. The molecular weight excluding hydrogens is 247 g/mol. The molecule has 0 aromatic heterocycles. The van der Waals surface area contributed by atoms with Gasteiger partial charge >= 0.3 is 5.97 Å². The Labute approximate surface area is 112 Å². The van der Waals surface area contributed by atoms with Crippen molar-refractivity contribution in [2.45, 2.75) is 18.9 Å². The van der Waals surface area contributed by atoms with Gasteiger partial charge < -0.3 is 10.4 Å². The van der Waals surface area contributed by atoms with Gasteiger partial charge in [-0.15, -0.1) is 0 Å². The van der Waals surface area contributed by atoms with E-state index in [0.717, 1.165) is 19.5 Å². The number of aliphatic carboxylic acids is 1. The Morgan fingerprint density at radius 2 is 2.11 bits per heavy atom. The topological polar surface area (TPSA) is 52.6 Å². The van der Waals surface area contributed by atoms with Gasteiger partial charge in [-0.2, -0.15) is 0 Å². The van der Waals surface area contributed by atoms with Crippen LogP contribution in [0.3, 0.4) is 0 Å². The highest BCUT2D eigenvalue weighted by Crippen LogP contribution is 2.31. The second-order valence-corrected chi connectivity index (χ2v) is 4.95. The van der Waals surface area contributed by atoms with Crippen LogP contribution in [-0.4, -0.2) is 42.2 Å². The third kappa shape index (κ3) is 2.62. The number of carboxylic acids is 1. The molecule has 1 fully saturated rings. The van der Waals surface area contributed by atoms with Gasteiger partial charge in [0.05, 0.1) is 0 Å². The van der Waals surface area contributed by atoms with Gasteiger partial charge in [0.1, 0.15) is 11.4 Å². The molecule has 0 spiro atoms. The highest BCUT2D eigenvalue weighted by atomic mass is 19.1. The van der Waals surface area contributed by atoms with E-state index in [4.69, 9.17) is 0 Å². The van der Waals surface area contributed by atoms with Crippen LogP contribution >= 0.6 is 0 Å². The van der Waals surface area contributed by atoms with Gasteiger partial charge in [0.2, 0.25) is 0 Å². The minimum absolute atomic E-state index is 0.226. The van der Waals surface area contributed by atoms with Crippen molar-refractivity contribution in [3.8, 4) is 0 Å². The highest BCUT2D eigenvalue weighted by molar-refractivity contribution is 5.80. The van der Waals surface area contributed by atoms with Crippen LogP contribution in [0.15, 0.2) is 24.3 Å². The van der Waals surface area contributed by atoms with E-state index in [1.165, 1.54) is 6.07 Å². The Bertz CT molecular complexity index is 459. The summed E-state index contributed by atoms with van der Waals surface area (Å²) in [6, 6.07) is 6.12. The van der Waals surface area contributed by atoms with E-state index in [1.54, 1.807) is 25.1 Å². The number of carbonyl (C=O) groups is 1. The van der Waals surface area contributed by atoms with Crippen LogP contribution in [-0.2, 0) is 10.3 Å². The molecule has 5 heteroatoms. The first-order chi connectivity index (χ1) is 9.06. The fraction of sp³-hybridized carbons (Fsp3) is 0.500. The number of hydrogen-bond donors (Lipinski definition) is 2. The predicted molar refractivity (Wildman–Crippen MR) is 70.4 cm³/mol. The number of rotatable bonds is 3. The summed E-state index contributed by atoms with van der Waals surface area (Å²) in [6.07, 6.45) is 0.858. The summed E-state index contributed by atoms with van der Waals surface area (Å²) in [4.78, 5) is 13.6. The van der Waals surface area contributed by atoms with E-state index in [-0.39, 0.29) is 5.56 Å². The summed E-state index contributed by atoms with van der Waals surface area (Å²) >= 11 is 0. The molecule has 1 aliphatic heterocycles. The molecule has 1 atom stereocenters. The molecule has 1 unspecified atom stereocenters. The number of benzene rings is 1. The lowest BCUT2D eigenvalue weighted by Gasteiger charge is -2.37. The quantitative estimate of drug-likeness (QED) is 0.869. The molecule has 19 heavy (non-hydrogen) atoms. The second kappa shape index (κ2) is 5.67. The van der Waals surface area contributed by atoms with Crippen LogP contribution in [0.5, 0.6) is 0 Å². The van der Waals surface area contributed by atoms with Gasteiger partial charge in [-0.05, 0) is 26.0 Å². The van der Waals surface area contributed by atoms with Crippen LogP contribution in [0, 0.1) is 5.82 Å². The summed E-state index contributed by atoms with van der Waals surface area (Å²) < 4.78 is 14.0. The van der Waals surface area contributed by atoms with Crippen molar-refractivity contribution >= 4 is 5.97 Å². The van der Waals surface area contributed by atoms with E-state index >= 15 is 0 Å². The molecular formula is C14H19FN2O2. The zero-order chi connectivity index (χ0) is 13.9. The summed E-state index contributed by atoms with van der Waals surface area (Å²) in [5.41, 5.74) is -1.10. The minimum atomic E-state index is -1.32. The average molecular weight is 266 g/mol. The maximum absolute atomic E-state index is 14.0. The van der Waals surface area contributed by atoms with Gasteiger partial charge in [-0.25, -0.2) is 9.18 Å². The molecule has 0 amide bonds. The molecule has 2 N–H and O–H groups in total. The number of nitrogens with zero attached hydrogens (tertiary/aromatic N) is 1. The Kier molecular flexibility index (Phi) is 4.17. The van der Waals surface area contributed by atoms with Crippen LogP contribution < -0.4 is 5.32 Å². The molecule has 1 aliphatic rings. The number of halogens is 1. The van der Waals surface area contributed by atoms with E-state index in [9.17, 15) is 14.3 Å². The van der Waals surface area contributed by atoms with Crippen molar-refractivity contribution in [3.05, 3.63) is 35.6 Å². The molecule has 1 heterocycles. The van der Waals surface area contributed by atoms with Crippen molar-refractivity contribution in [2.24, 2.45) is 0 Å². The maximum atomic E-state index is 14.0.